The minimum absolute atomic E-state index is 0.138. The SMILES string of the molecule is C[C@H](CC#CC(O)[C@H]1OC(C)(C)O[C@H]1CCOC(=O)C(C)(C)C)O[Si](c1ccccc1)(c1ccccc1)C(C)(C)C. The number of carbonyl (C=O) groups excluding carboxylic acids is 1. The zero-order chi connectivity index (χ0) is 30.5. The normalized spacial score (nSPS) is 20.5. The Morgan fingerprint density at radius 2 is 1.51 bits per heavy atom. The molecule has 1 saturated heterocycles. The second-order valence-corrected chi connectivity index (χ2v) is 17.6. The van der Waals surface area contributed by atoms with Gasteiger partial charge in [-0.05, 0) is 57.0 Å². The molecule has 224 valence electrons. The van der Waals surface area contributed by atoms with Crippen molar-refractivity contribution >= 4 is 24.7 Å². The highest BCUT2D eigenvalue weighted by Gasteiger charge is 2.51. The summed E-state index contributed by atoms with van der Waals surface area (Å²) >= 11 is 0. The van der Waals surface area contributed by atoms with E-state index < -0.39 is 37.8 Å². The molecule has 1 heterocycles. The first-order valence-electron chi connectivity index (χ1n) is 14.5. The molecule has 1 fully saturated rings. The van der Waals surface area contributed by atoms with Gasteiger partial charge in [-0.25, -0.2) is 0 Å². The van der Waals surface area contributed by atoms with E-state index in [1.165, 1.54) is 10.4 Å². The Bertz CT molecular complexity index is 1150. The molecule has 0 amide bonds. The Balaban J connectivity index is 1.74. The van der Waals surface area contributed by atoms with Gasteiger partial charge in [0.1, 0.15) is 12.2 Å². The van der Waals surface area contributed by atoms with Gasteiger partial charge in [-0.2, -0.15) is 0 Å². The second-order valence-electron chi connectivity index (χ2n) is 13.4. The second kappa shape index (κ2) is 13.2. The lowest BCUT2D eigenvalue weighted by molar-refractivity contribution is -0.157. The molecule has 1 aliphatic rings. The lowest BCUT2D eigenvalue weighted by Crippen LogP contribution is -2.67. The Morgan fingerprint density at radius 3 is 2.00 bits per heavy atom. The fraction of sp³-hybridized carbons (Fsp3) is 0.559. The summed E-state index contributed by atoms with van der Waals surface area (Å²) in [4.78, 5) is 12.2. The molecule has 0 aromatic heterocycles. The number of esters is 1. The van der Waals surface area contributed by atoms with Gasteiger partial charge in [0.2, 0.25) is 0 Å². The Labute approximate surface area is 247 Å². The standard InChI is InChI=1S/C34H48O6Si/c1-25(40-41(33(5,6)7,26-18-12-10-13-19-26)27-20-14-11-15-21-27)17-16-22-28(35)30-29(38-34(8,9)39-30)23-24-37-31(36)32(2,3)4/h10-15,18-21,25,28-30,35H,17,23-24H2,1-9H3/t25-,28?,29+,30-/m1/s1. The van der Waals surface area contributed by atoms with Gasteiger partial charge in [-0.3, -0.25) is 4.79 Å². The van der Waals surface area contributed by atoms with Crippen LogP contribution in [0.5, 0.6) is 0 Å². The van der Waals surface area contributed by atoms with Gasteiger partial charge in [0, 0.05) is 12.8 Å². The molecule has 0 bridgehead atoms. The summed E-state index contributed by atoms with van der Waals surface area (Å²) in [6.07, 6.45) is -1.48. The van der Waals surface area contributed by atoms with E-state index >= 15 is 0 Å². The fourth-order valence-electron chi connectivity index (χ4n) is 5.26. The molecule has 4 atom stereocenters. The first-order chi connectivity index (χ1) is 19.1. The van der Waals surface area contributed by atoms with Crippen molar-refractivity contribution in [2.75, 3.05) is 6.61 Å². The van der Waals surface area contributed by atoms with Gasteiger partial charge in [-0.15, -0.1) is 0 Å². The van der Waals surface area contributed by atoms with Crippen molar-refractivity contribution in [1.29, 1.82) is 0 Å². The maximum absolute atomic E-state index is 12.2. The zero-order valence-corrected chi connectivity index (χ0v) is 27.2. The average Bonchev–Trinajstić information content (AvgIpc) is 3.21. The van der Waals surface area contributed by atoms with Crippen LogP contribution < -0.4 is 10.4 Å². The summed E-state index contributed by atoms with van der Waals surface area (Å²) in [5.41, 5.74) is -0.579. The predicted molar refractivity (Wildman–Crippen MR) is 165 cm³/mol. The molecule has 0 aliphatic carbocycles. The lowest BCUT2D eigenvalue weighted by Gasteiger charge is -2.44. The number of aliphatic hydroxyl groups is 1. The van der Waals surface area contributed by atoms with Crippen molar-refractivity contribution in [1.82, 2.24) is 0 Å². The number of rotatable bonds is 9. The highest BCUT2D eigenvalue weighted by Crippen LogP contribution is 2.38. The number of benzene rings is 2. The van der Waals surface area contributed by atoms with Crippen LogP contribution in [0.4, 0.5) is 0 Å². The molecule has 6 nitrogen and oxygen atoms in total. The Kier molecular flexibility index (Phi) is 10.7. The molecule has 7 heteroatoms. The summed E-state index contributed by atoms with van der Waals surface area (Å²) in [6.45, 7) is 18.0. The van der Waals surface area contributed by atoms with Crippen LogP contribution in [0.2, 0.25) is 5.04 Å². The third-order valence-corrected chi connectivity index (χ3v) is 12.4. The van der Waals surface area contributed by atoms with Crippen LogP contribution in [0.15, 0.2) is 60.7 Å². The van der Waals surface area contributed by atoms with E-state index in [-0.39, 0.29) is 23.7 Å². The van der Waals surface area contributed by atoms with Crippen molar-refractivity contribution in [2.45, 2.75) is 110 Å². The quantitative estimate of drug-likeness (QED) is 0.250. The van der Waals surface area contributed by atoms with Gasteiger partial charge in [-0.1, -0.05) is 93.3 Å². The first-order valence-corrected chi connectivity index (χ1v) is 16.5. The third kappa shape index (κ3) is 8.30. The first kappa shape index (κ1) is 33.0. The molecular formula is C34H48O6Si. The van der Waals surface area contributed by atoms with E-state index in [0.29, 0.717) is 12.8 Å². The summed E-state index contributed by atoms with van der Waals surface area (Å²) in [5.74, 6) is 4.99. The minimum Gasteiger partial charge on any atom is -0.465 e. The van der Waals surface area contributed by atoms with Crippen molar-refractivity contribution in [3.63, 3.8) is 0 Å². The van der Waals surface area contributed by atoms with E-state index in [4.69, 9.17) is 18.6 Å². The van der Waals surface area contributed by atoms with Gasteiger partial charge in [0.15, 0.2) is 5.79 Å². The fourth-order valence-corrected chi connectivity index (χ4v) is 9.96. The van der Waals surface area contributed by atoms with Crippen LogP contribution in [-0.2, 0) is 23.4 Å². The van der Waals surface area contributed by atoms with Crippen LogP contribution >= 0.6 is 0 Å². The van der Waals surface area contributed by atoms with E-state index in [1.54, 1.807) is 13.8 Å². The molecule has 1 aliphatic heterocycles. The summed E-state index contributed by atoms with van der Waals surface area (Å²) in [5, 5.41) is 13.3. The summed E-state index contributed by atoms with van der Waals surface area (Å²) in [6, 6.07) is 21.0. The monoisotopic (exact) mass is 580 g/mol. The van der Waals surface area contributed by atoms with Crippen molar-refractivity contribution in [2.24, 2.45) is 5.41 Å². The number of hydrogen-bond donors (Lipinski definition) is 1. The minimum atomic E-state index is -2.70. The van der Waals surface area contributed by atoms with E-state index in [0.717, 1.165) is 0 Å². The highest BCUT2D eigenvalue weighted by molar-refractivity contribution is 6.99. The predicted octanol–water partition coefficient (Wildman–Crippen LogP) is 5.21. The lowest BCUT2D eigenvalue weighted by atomic mass is 9.97. The number of ether oxygens (including phenoxy) is 3. The molecule has 0 spiro atoms. The molecule has 2 aromatic carbocycles. The third-order valence-electron chi connectivity index (χ3n) is 7.21. The van der Waals surface area contributed by atoms with Crippen LogP contribution in [0.3, 0.4) is 0 Å². The summed E-state index contributed by atoms with van der Waals surface area (Å²) in [7, 11) is -2.70. The largest absolute Gasteiger partial charge is 0.465 e. The van der Waals surface area contributed by atoms with Gasteiger partial charge in [0.25, 0.3) is 8.32 Å². The molecule has 1 unspecified atom stereocenters. The van der Waals surface area contributed by atoms with Crippen molar-refractivity contribution < 1.29 is 28.5 Å². The molecule has 2 aromatic rings. The highest BCUT2D eigenvalue weighted by atomic mass is 28.4. The smallest absolute Gasteiger partial charge is 0.311 e. The van der Waals surface area contributed by atoms with Gasteiger partial charge in [0.05, 0.1) is 24.2 Å². The Hall–Kier alpha value is -2.47. The van der Waals surface area contributed by atoms with Crippen molar-refractivity contribution in [3.8, 4) is 11.8 Å². The average molecular weight is 581 g/mol. The van der Waals surface area contributed by atoms with Crippen LogP contribution in [-0.4, -0.2) is 56.2 Å². The number of hydrogen-bond acceptors (Lipinski definition) is 6. The van der Waals surface area contributed by atoms with Crippen LogP contribution in [0.1, 0.15) is 75.2 Å². The van der Waals surface area contributed by atoms with Crippen LogP contribution in [0, 0.1) is 17.3 Å². The maximum atomic E-state index is 12.2. The molecule has 3 rings (SSSR count). The van der Waals surface area contributed by atoms with Crippen molar-refractivity contribution in [3.05, 3.63) is 60.7 Å². The van der Waals surface area contributed by atoms with Gasteiger partial charge >= 0.3 is 5.97 Å². The molecular weight excluding hydrogens is 532 g/mol. The van der Waals surface area contributed by atoms with E-state index in [1.807, 2.05) is 39.8 Å². The summed E-state index contributed by atoms with van der Waals surface area (Å²) < 4.78 is 24.5. The number of aliphatic hydroxyl groups excluding tert-OH is 1. The van der Waals surface area contributed by atoms with Crippen LogP contribution in [0.25, 0.3) is 0 Å². The zero-order valence-electron chi connectivity index (χ0n) is 26.2. The molecule has 0 radical (unpaired) electrons. The molecule has 1 N–H and O–H groups in total. The topological polar surface area (TPSA) is 74.2 Å². The number of carbonyl (C=O) groups is 1. The molecule has 41 heavy (non-hydrogen) atoms. The van der Waals surface area contributed by atoms with E-state index in [9.17, 15) is 9.90 Å². The molecule has 0 saturated carbocycles. The Morgan fingerprint density at radius 1 is 0.976 bits per heavy atom. The van der Waals surface area contributed by atoms with E-state index in [2.05, 4.69) is 81.1 Å². The maximum Gasteiger partial charge on any atom is 0.311 e. The van der Waals surface area contributed by atoms with Gasteiger partial charge < -0.3 is 23.7 Å².